The fraction of sp³-hybridized carbons (Fsp3) is 0.375. The molecule has 0 unspecified atom stereocenters. The second-order valence-corrected chi connectivity index (χ2v) is 6.73. The minimum absolute atomic E-state index is 0.139. The molecule has 1 aliphatic heterocycles. The van der Waals surface area contributed by atoms with Crippen LogP contribution in [0.5, 0.6) is 0 Å². The largest absolute Gasteiger partial charge is 0.481 e. The molecular weight excluding hydrogens is 378 g/mol. The standard InChI is InChI=1S/C16H16BrN3O4/c17-11-1-2-13-12(7-11)15(22)20(9-18-13)6-4-14(21)19-5-3-10(8-19)16(23)24/h1-2,7,9-10H,3-6,8H2,(H,23,24)/t10-/m1/s1. The van der Waals surface area contributed by atoms with Gasteiger partial charge in [0.15, 0.2) is 0 Å². The number of fused-ring (bicyclic) bond motifs is 1. The highest BCUT2D eigenvalue weighted by atomic mass is 79.9. The molecule has 1 amide bonds. The van der Waals surface area contributed by atoms with Crippen molar-refractivity contribution in [3.8, 4) is 0 Å². The van der Waals surface area contributed by atoms with Gasteiger partial charge in [-0.1, -0.05) is 15.9 Å². The number of aliphatic carboxylic acids is 1. The Kier molecular flexibility index (Phi) is 4.66. The lowest BCUT2D eigenvalue weighted by molar-refractivity contribution is -0.141. The number of aromatic nitrogens is 2. The monoisotopic (exact) mass is 393 g/mol. The molecule has 0 spiro atoms. The van der Waals surface area contributed by atoms with E-state index in [1.54, 1.807) is 17.0 Å². The molecule has 1 aromatic carbocycles. The third kappa shape index (κ3) is 3.33. The molecular formula is C16H16BrN3O4. The maximum Gasteiger partial charge on any atom is 0.308 e. The number of carboxylic acid groups (broad SMARTS) is 1. The highest BCUT2D eigenvalue weighted by molar-refractivity contribution is 9.10. The van der Waals surface area contributed by atoms with E-state index in [1.807, 2.05) is 6.07 Å². The van der Waals surface area contributed by atoms with Crippen molar-refractivity contribution < 1.29 is 14.7 Å². The van der Waals surface area contributed by atoms with E-state index in [4.69, 9.17) is 5.11 Å². The molecule has 1 fully saturated rings. The first kappa shape index (κ1) is 16.6. The number of amides is 1. The quantitative estimate of drug-likeness (QED) is 0.848. The summed E-state index contributed by atoms with van der Waals surface area (Å²) in [4.78, 5) is 41.4. The van der Waals surface area contributed by atoms with Crippen LogP contribution in [-0.4, -0.2) is 44.5 Å². The Bertz CT molecular complexity index is 864. The number of rotatable bonds is 4. The molecule has 126 valence electrons. The van der Waals surface area contributed by atoms with Crippen LogP contribution >= 0.6 is 15.9 Å². The van der Waals surface area contributed by atoms with E-state index in [1.165, 1.54) is 10.9 Å². The Morgan fingerprint density at radius 1 is 1.38 bits per heavy atom. The SMILES string of the molecule is O=C(O)[C@@H]1CCN(C(=O)CCn2cnc3ccc(Br)cc3c2=O)C1. The molecule has 0 radical (unpaired) electrons. The molecule has 1 atom stereocenters. The molecule has 0 bridgehead atoms. The van der Waals surface area contributed by atoms with Crippen LogP contribution in [-0.2, 0) is 16.1 Å². The third-order valence-corrected chi connectivity index (χ3v) is 4.74. The Labute approximate surface area is 146 Å². The number of hydrogen-bond donors (Lipinski definition) is 1. The van der Waals surface area contributed by atoms with Crippen LogP contribution < -0.4 is 5.56 Å². The summed E-state index contributed by atoms with van der Waals surface area (Å²) in [7, 11) is 0. The number of carbonyl (C=O) groups is 2. The maximum atomic E-state index is 12.5. The second-order valence-electron chi connectivity index (χ2n) is 5.82. The third-order valence-electron chi connectivity index (χ3n) is 4.24. The molecule has 24 heavy (non-hydrogen) atoms. The van der Waals surface area contributed by atoms with E-state index >= 15 is 0 Å². The zero-order valence-electron chi connectivity index (χ0n) is 12.8. The summed E-state index contributed by atoms with van der Waals surface area (Å²) < 4.78 is 2.21. The van der Waals surface area contributed by atoms with Crippen LogP contribution in [0.4, 0.5) is 0 Å². The average molecular weight is 394 g/mol. The van der Waals surface area contributed by atoms with Crippen LogP contribution in [0.2, 0.25) is 0 Å². The smallest absolute Gasteiger partial charge is 0.308 e. The average Bonchev–Trinajstić information content (AvgIpc) is 3.05. The van der Waals surface area contributed by atoms with Crippen LogP contribution in [0.15, 0.2) is 33.8 Å². The molecule has 0 saturated carbocycles. The summed E-state index contributed by atoms with van der Waals surface area (Å²) >= 11 is 3.33. The minimum atomic E-state index is -0.870. The summed E-state index contributed by atoms with van der Waals surface area (Å²) in [5.41, 5.74) is 0.411. The van der Waals surface area contributed by atoms with E-state index < -0.39 is 11.9 Å². The molecule has 0 aliphatic carbocycles. The van der Waals surface area contributed by atoms with Gasteiger partial charge in [-0.15, -0.1) is 0 Å². The predicted octanol–water partition coefficient (Wildman–Crippen LogP) is 1.48. The van der Waals surface area contributed by atoms with Gasteiger partial charge in [0, 0.05) is 30.5 Å². The fourth-order valence-corrected chi connectivity index (χ4v) is 3.21. The van der Waals surface area contributed by atoms with Gasteiger partial charge < -0.3 is 10.0 Å². The Balaban J connectivity index is 1.70. The fourth-order valence-electron chi connectivity index (χ4n) is 2.85. The lowest BCUT2D eigenvalue weighted by Gasteiger charge is -2.16. The molecule has 3 rings (SSSR count). The molecule has 8 heteroatoms. The number of hydrogen-bond acceptors (Lipinski definition) is 4. The van der Waals surface area contributed by atoms with Gasteiger partial charge in [0.2, 0.25) is 5.91 Å². The van der Waals surface area contributed by atoms with Crippen LogP contribution in [0.25, 0.3) is 10.9 Å². The molecule has 7 nitrogen and oxygen atoms in total. The van der Waals surface area contributed by atoms with Crippen molar-refractivity contribution in [2.45, 2.75) is 19.4 Å². The predicted molar refractivity (Wildman–Crippen MR) is 90.6 cm³/mol. The van der Waals surface area contributed by atoms with Crippen molar-refractivity contribution in [1.82, 2.24) is 14.5 Å². The normalized spacial score (nSPS) is 17.4. The van der Waals surface area contributed by atoms with Crippen molar-refractivity contribution in [1.29, 1.82) is 0 Å². The zero-order chi connectivity index (χ0) is 17.3. The Morgan fingerprint density at radius 2 is 2.17 bits per heavy atom. The van der Waals surface area contributed by atoms with Gasteiger partial charge in [-0.05, 0) is 24.6 Å². The van der Waals surface area contributed by atoms with Gasteiger partial charge in [-0.3, -0.25) is 19.0 Å². The second kappa shape index (κ2) is 6.72. The molecule has 1 N–H and O–H groups in total. The number of aryl methyl sites for hydroxylation is 1. The van der Waals surface area contributed by atoms with E-state index in [2.05, 4.69) is 20.9 Å². The highest BCUT2D eigenvalue weighted by Gasteiger charge is 2.30. The first-order chi connectivity index (χ1) is 11.5. The molecule has 2 heterocycles. The lowest BCUT2D eigenvalue weighted by Crippen LogP contribution is -2.31. The first-order valence-electron chi connectivity index (χ1n) is 7.61. The summed E-state index contributed by atoms with van der Waals surface area (Å²) in [6.07, 6.45) is 2.07. The number of carbonyl (C=O) groups excluding carboxylic acids is 1. The zero-order valence-corrected chi connectivity index (χ0v) is 14.4. The van der Waals surface area contributed by atoms with Gasteiger partial charge >= 0.3 is 5.97 Å². The molecule has 1 aromatic heterocycles. The Morgan fingerprint density at radius 3 is 2.88 bits per heavy atom. The van der Waals surface area contributed by atoms with Gasteiger partial charge in [0.1, 0.15) is 0 Å². The van der Waals surface area contributed by atoms with E-state index in [0.29, 0.717) is 23.9 Å². The number of halogens is 1. The van der Waals surface area contributed by atoms with Gasteiger partial charge in [-0.25, -0.2) is 4.98 Å². The van der Waals surface area contributed by atoms with Crippen molar-refractivity contribution in [2.24, 2.45) is 5.92 Å². The first-order valence-corrected chi connectivity index (χ1v) is 8.40. The summed E-state index contributed by atoms with van der Waals surface area (Å²) in [5, 5.41) is 9.48. The summed E-state index contributed by atoms with van der Waals surface area (Å²) in [6, 6.07) is 5.28. The topological polar surface area (TPSA) is 92.5 Å². The molecule has 2 aromatic rings. The summed E-state index contributed by atoms with van der Waals surface area (Å²) in [6.45, 7) is 0.918. The van der Waals surface area contributed by atoms with Crippen molar-refractivity contribution in [2.75, 3.05) is 13.1 Å². The van der Waals surface area contributed by atoms with Crippen LogP contribution in [0, 0.1) is 5.92 Å². The van der Waals surface area contributed by atoms with E-state index in [0.717, 1.165) is 4.47 Å². The lowest BCUT2D eigenvalue weighted by atomic mass is 10.1. The van der Waals surface area contributed by atoms with Crippen molar-refractivity contribution >= 4 is 38.7 Å². The van der Waals surface area contributed by atoms with Crippen molar-refractivity contribution in [3.05, 3.63) is 39.4 Å². The maximum absolute atomic E-state index is 12.5. The molecule has 1 aliphatic rings. The van der Waals surface area contributed by atoms with Gasteiger partial charge in [0.05, 0.1) is 23.1 Å². The number of nitrogens with zero attached hydrogens (tertiary/aromatic N) is 3. The van der Waals surface area contributed by atoms with Gasteiger partial charge in [-0.2, -0.15) is 0 Å². The van der Waals surface area contributed by atoms with Gasteiger partial charge in [0.25, 0.3) is 5.56 Å². The summed E-state index contributed by atoms with van der Waals surface area (Å²) in [5.74, 6) is -1.50. The minimum Gasteiger partial charge on any atom is -0.481 e. The Hall–Kier alpha value is -2.22. The van der Waals surface area contributed by atoms with Crippen LogP contribution in [0.1, 0.15) is 12.8 Å². The number of likely N-dealkylation sites (tertiary alicyclic amines) is 1. The number of carboxylic acids is 1. The van der Waals surface area contributed by atoms with E-state index in [9.17, 15) is 14.4 Å². The van der Waals surface area contributed by atoms with E-state index in [-0.39, 0.29) is 31.0 Å². The number of benzene rings is 1. The molecule has 1 saturated heterocycles. The van der Waals surface area contributed by atoms with Crippen LogP contribution in [0.3, 0.4) is 0 Å². The highest BCUT2D eigenvalue weighted by Crippen LogP contribution is 2.18. The van der Waals surface area contributed by atoms with Crippen molar-refractivity contribution in [3.63, 3.8) is 0 Å².